The molecule has 74 valence electrons. The van der Waals surface area contributed by atoms with Crippen molar-refractivity contribution in [3.63, 3.8) is 0 Å². The minimum Gasteiger partial charge on any atom is -0.411 e. The van der Waals surface area contributed by atoms with Crippen molar-refractivity contribution < 1.29 is 5.21 Å². The predicted octanol–water partition coefficient (Wildman–Crippen LogP) is 2.84. The van der Waals surface area contributed by atoms with Crippen LogP contribution in [0, 0.1) is 5.41 Å². The lowest BCUT2D eigenvalue weighted by Gasteiger charge is -2.31. The Bertz CT molecular complexity index is 380. The molecule has 0 fully saturated rings. The van der Waals surface area contributed by atoms with Crippen molar-refractivity contribution >= 4 is 5.71 Å². The molecule has 1 aliphatic rings. The van der Waals surface area contributed by atoms with Crippen molar-refractivity contribution in [2.45, 2.75) is 26.7 Å². The molecule has 0 radical (unpaired) electrons. The number of aryl methyl sites for hydroxylation is 1. The van der Waals surface area contributed by atoms with E-state index in [1.165, 1.54) is 5.56 Å². The summed E-state index contributed by atoms with van der Waals surface area (Å²) in [6, 6.07) is 8.17. The Kier molecular flexibility index (Phi) is 2.06. The first-order valence-corrected chi connectivity index (χ1v) is 4.96. The number of rotatable bonds is 0. The molecular formula is C12H15NO. The van der Waals surface area contributed by atoms with E-state index in [1.54, 1.807) is 0 Å². The first-order chi connectivity index (χ1) is 6.65. The second kappa shape index (κ2) is 3.12. The molecule has 0 saturated carbocycles. The smallest absolute Gasteiger partial charge is 0.0926 e. The van der Waals surface area contributed by atoms with Crippen LogP contribution in [0.2, 0.25) is 0 Å². The summed E-state index contributed by atoms with van der Waals surface area (Å²) in [7, 11) is 0. The van der Waals surface area contributed by atoms with Crippen LogP contribution in [0.15, 0.2) is 29.4 Å². The third-order valence-electron chi connectivity index (χ3n) is 3.03. The summed E-state index contributed by atoms with van der Waals surface area (Å²) in [5.74, 6) is 0. The Hall–Kier alpha value is -1.31. The van der Waals surface area contributed by atoms with Gasteiger partial charge in [0, 0.05) is 11.0 Å². The molecule has 0 aliphatic heterocycles. The highest BCUT2D eigenvalue weighted by Crippen LogP contribution is 2.34. The highest BCUT2D eigenvalue weighted by molar-refractivity contribution is 6.06. The predicted molar refractivity (Wildman–Crippen MR) is 56.9 cm³/mol. The molecule has 2 heteroatoms. The lowest BCUT2D eigenvalue weighted by Crippen LogP contribution is -2.31. The molecule has 0 amide bonds. The number of hydrogen-bond donors (Lipinski definition) is 1. The summed E-state index contributed by atoms with van der Waals surface area (Å²) >= 11 is 0. The molecule has 2 rings (SSSR count). The molecule has 1 N–H and O–H groups in total. The van der Waals surface area contributed by atoms with E-state index in [0.717, 1.165) is 24.1 Å². The van der Waals surface area contributed by atoms with Gasteiger partial charge in [0.25, 0.3) is 0 Å². The van der Waals surface area contributed by atoms with Crippen LogP contribution in [0.5, 0.6) is 0 Å². The zero-order valence-electron chi connectivity index (χ0n) is 8.62. The van der Waals surface area contributed by atoms with Crippen LogP contribution in [0.4, 0.5) is 0 Å². The summed E-state index contributed by atoms with van der Waals surface area (Å²) in [5.41, 5.74) is 3.20. The highest BCUT2D eigenvalue weighted by atomic mass is 16.4. The van der Waals surface area contributed by atoms with Crippen LogP contribution >= 0.6 is 0 Å². The maximum atomic E-state index is 9.06. The Morgan fingerprint density at radius 3 is 2.71 bits per heavy atom. The third-order valence-corrected chi connectivity index (χ3v) is 3.03. The summed E-state index contributed by atoms with van der Waals surface area (Å²) in [6.07, 6.45) is 2.12. The van der Waals surface area contributed by atoms with Crippen molar-refractivity contribution in [1.29, 1.82) is 0 Å². The van der Waals surface area contributed by atoms with Gasteiger partial charge in [0.05, 0.1) is 5.71 Å². The van der Waals surface area contributed by atoms with Crippen LogP contribution in [-0.4, -0.2) is 10.9 Å². The van der Waals surface area contributed by atoms with E-state index < -0.39 is 0 Å². The van der Waals surface area contributed by atoms with Crippen molar-refractivity contribution in [2.24, 2.45) is 10.6 Å². The minimum absolute atomic E-state index is 0.0108. The zero-order chi connectivity index (χ0) is 10.2. The fourth-order valence-corrected chi connectivity index (χ4v) is 2.09. The van der Waals surface area contributed by atoms with E-state index in [2.05, 4.69) is 25.1 Å². The summed E-state index contributed by atoms with van der Waals surface area (Å²) in [4.78, 5) is 0. The van der Waals surface area contributed by atoms with E-state index in [0.29, 0.717) is 0 Å². The summed E-state index contributed by atoms with van der Waals surface area (Å²) < 4.78 is 0. The lowest BCUT2D eigenvalue weighted by atomic mass is 9.73. The van der Waals surface area contributed by atoms with Gasteiger partial charge >= 0.3 is 0 Å². The fourth-order valence-electron chi connectivity index (χ4n) is 2.09. The van der Waals surface area contributed by atoms with Crippen LogP contribution < -0.4 is 0 Å². The maximum absolute atomic E-state index is 9.06. The Morgan fingerprint density at radius 1 is 1.29 bits per heavy atom. The van der Waals surface area contributed by atoms with Gasteiger partial charge in [-0.2, -0.15) is 0 Å². The van der Waals surface area contributed by atoms with Crippen LogP contribution in [0.25, 0.3) is 0 Å². The molecule has 0 bridgehead atoms. The van der Waals surface area contributed by atoms with Gasteiger partial charge in [-0.25, -0.2) is 0 Å². The van der Waals surface area contributed by atoms with E-state index in [-0.39, 0.29) is 5.41 Å². The molecule has 0 unspecified atom stereocenters. The standard InChI is InChI=1S/C12H15NO/c1-12(2)8-7-9-5-3-4-6-10(9)11(12)13-14/h3-6,14H,7-8H2,1-2H3/b13-11-. The quantitative estimate of drug-likeness (QED) is 0.494. The average Bonchev–Trinajstić information content (AvgIpc) is 2.17. The SMILES string of the molecule is CC1(C)CCc2ccccc2/C1=N/O. The third kappa shape index (κ3) is 1.31. The molecule has 0 spiro atoms. The van der Waals surface area contributed by atoms with Crippen molar-refractivity contribution in [1.82, 2.24) is 0 Å². The van der Waals surface area contributed by atoms with Crippen molar-refractivity contribution in [2.75, 3.05) is 0 Å². The van der Waals surface area contributed by atoms with E-state index in [4.69, 9.17) is 5.21 Å². The normalized spacial score (nSPS) is 22.0. The van der Waals surface area contributed by atoms with Crippen LogP contribution in [0.3, 0.4) is 0 Å². The van der Waals surface area contributed by atoms with E-state index in [9.17, 15) is 0 Å². The number of nitrogens with zero attached hydrogens (tertiary/aromatic N) is 1. The molecule has 0 heterocycles. The number of oxime groups is 1. The highest BCUT2D eigenvalue weighted by Gasteiger charge is 2.32. The van der Waals surface area contributed by atoms with Crippen molar-refractivity contribution in [3.8, 4) is 0 Å². The van der Waals surface area contributed by atoms with Gasteiger partial charge in [0.15, 0.2) is 0 Å². The van der Waals surface area contributed by atoms with E-state index in [1.807, 2.05) is 18.2 Å². The molecule has 0 saturated heterocycles. The topological polar surface area (TPSA) is 32.6 Å². The number of benzene rings is 1. The fraction of sp³-hybridized carbons (Fsp3) is 0.417. The van der Waals surface area contributed by atoms with E-state index >= 15 is 0 Å². The molecule has 1 aliphatic carbocycles. The van der Waals surface area contributed by atoms with Crippen LogP contribution in [-0.2, 0) is 6.42 Å². The largest absolute Gasteiger partial charge is 0.411 e. The Morgan fingerprint density at radius 2 is 2.00 bits per heavy atom. The Labute approximate surface area is 84.3 Å². The molecule has 0 atom stereocenters. The van der Waals surface area contributed by atoms with Gasteiger partial charge in [-0.05, 0) is 18.4 Å². The second-order valence-electron chi connectivity index (χ2n) is 4.49. The zero-order valence-corrected chi connectivity index (χ0v) is 8.62. The number of hydrogen-bond acceptors (Lipinski definition) is 2. The van der Waals surface area contributed by atoms with Gasteiger partial charge in [-0.3, -0.25) is 0 Å². The first kappa shape index (κ1) is 9.25. The molecular weight excluding hydrogens is 174 g/mol. The molecule has 1 aromatic carbocycles. The van der Waals surface area contributed by atoms with Gasteiger partial charge in [0.2, 0.25) is 0 Å². The maximum Gasteiger partial charge on any atom is 0.0926 e. The first-order valence-electron chi connectivity index (χ1n) is 4.96. The molecule has 0 aromatic heterocycles. The molecule has 1 aromatic rings. The summed E-state index contributed by atoms with van der Waals surface area (Å²) in [6.45, 7) is 4.25. The molecule has 2 nitrogen and oxygen atoms in total. The number of fused-ring (bicyclic) bond motifs is 1. The van der Waals surface area contributed by atoms with Crippen LogP contribution in [0.1, 0.15) is 31.4 Å². The van der Waals surface area contributed by atoms with Gasteiger partial charge in [0.1, 0.15) is 0 Å². The minimum atomic E-state index is -0.0108. The molecule has 14 heavy (non-hydrogen) atoms. The van der Waals surface area contributed by atoms with Gasteiger partial charge in [-0.1, -0.05) is 43.3 Å². The summed E-state index contributed by atoms with van der Waals surface area (Å²) in [5, 5.41) is 12.5. The monoisotopic (exact) mass is 189 g/mol. The average molecular weight is 189 g/mol. The van der Waals surface area contributed by atoms with Gasteiger partial charge < -0.3 is 5.21 Å². The Balaban J connectivity index is 2.57. The van der Waals surface area contributed by atoms with Gasteiger partial charge in [-0.15, -0.1) is 0 Å². The van der Waals surface area contributed by atoms with Crippen molar-refractivity contribution in [3.05, 3.63) is 35.4 Å². The lowest BCUT2D eigenvalue weighted by molar-refractivity contribution is 0.306. The second-order valence-corrected chi connectivity index (χ2v) is 4.49.